The van der Waals surface area contributed by atoms with E-state index in [1.165, 1.54) is 38.9 Å². The number of hydrogen-bond donors (Lipinski definition) is 1. The summed E-state index contributed by atoms with van der Waals surface area (Å²) >= 11 is 6.27. The summed E-state index contributed by atoms with van der Waals surface area (Å²) in [5.74, 6) is 0. The lowest BCUT2D eigenvalue weighted by atomic mass is 9.82. The van der Waals surface area contributed by atoms with Crippen molar-refractivity contribution in [3.8, 4) is 0 Å². The van der Waals surface area contributed by atoms with Gasteiger partial charge in [0, 0.05) is 16.0 Å². The van der Waals surface area contributed by atoms with Gasteiger partial charge >= 0.3 is 0 Å². The Bertz CT molecular complexity index is 1460. The van der Waals surface area contributed by atoms with Crippen LogP contribution in [0.25, 0.3) is 16.5 Å². The molecule has 0 aliphatic carbocycles. The standard InChI is InChI=1S/C31H25ClN2/c32-25-17-15-22(16-18-25)28-21-31(23-9-3-1-4-10-23,24-11-5-2-6-12-24)34-29-14-8-7-13-26(29)27(19-20-33)30(28)34/h1-18,21H,19-20,33H2. The molecule has 0 saturated heterocycles. The van der Waals surface area contributed by atoms with Gasteiger partial charge in [-0.15, -0.1) is 0 Å². The number of nitrogens with zero attached hydrogens (tertiary/aromatic N) is 1. The first-order valence-corrected chi connectivity index (χ1v) is 12.0. The van der Waals surface area contributed by atoms with Crippen LogP contribution < -0.4 is 5.73 Å². The highest BCUT2D eigenvalue weighted by Gasteiger charge is 2.43. The first kappa shape index (κ1) is 21.0. The minimum absolute atomic E-state index is 0.487. The third-order valence-corrected chi connectivity index (χ3v) is 7.17. The molecule has 2 heterocycles. The third kappa shape index (κ3) is 3.07. The molecule has 3 heteroatoms. The van der Waals surface area contributed by atoms with Crippen molar-refractivity contribution in [2.75, 3.05) is 6.54 Å². The fourth-order valence-corrected chi connectivity index (χ4v) is 5.65. The van der Waals surface area contributed by atoms with Gasteiger partial charge in [-0.2, -0.15) is 0 Å². The molecule has 0 fully saturated rings. The fraction of sp³-hybridized carbons (Fsp3) is 0.0968. The number of halogens is 1. The summed E-state index contributed by atoms with van der Waals surface area (Å²) in [4.78, 5) is 0. The van der Waals surface area contributed by atoms with E-state index in [0.717, 1.165) is 17.0 Å². The number of aromatic nitrogens is 1. The van der Waals surface area contributed by atoms with Gasteiger partial charge in [0.05, 0.1) is 11.2 Å². The van der Waals surface area contributed by atoms with Crippen molar-refractivity contribution in [1.82, 2.24) is 4.57 Å². The quantitative estimate of drug-likeness (QED) is 0.300. The number of fused-ring (bicyclic) bond motifs is 3. The Hall–Kier alpha value is -3.59. The Labute approximate surface area is 204 Å². The molecule has 2 N–H and O–H groups in total. The molecule has 1 aliphatic rings. The number of nitrogens with two attached hydrogens (primary N) is 1. The normalized spacial score (nSPS) is 14.2. The first-order valence-electron chi connectivity index (χ1n) is 11.7. The van der Waals surface area contributed by atoms with Gasteiger partial charge in [-0.1, -0.05) is 103 Å². The van der Waals surface area contributed by atoms with Gasteiger partial charge < -0.3 is 10.3 Å². The van der Waals surface area contributed by atoms with Crippen molar-refractivity contribution in [2.24, 2.45) is 5.73 Å². The molecule has 0 unspecified atom stereocenters. The first-order chi connectivity index (χ1) is 16.7. The van der Waals surface area contributed by atoms with E-state index in [1.807, 2.05) is 12.1 Å². The molecule has 0 radical (unpaired) electrons. The molecular formula is C31H25ClN2. The summed E-state index contributed by atoms with van der Waals surface area (Å²) in [6.07, 6.45) is 3.25. The van der Waals surface area contributed by atoms with Crippen molar-refractivity contribution in [2.45, 2.75) is 12.0 Å². The van der Waals surface area contributed by atoms with E-state index in [9.17, 15) is 0 Å². The van der Waals surface area contributed by atoms with E-state index in [1.54, 1.807) is 0 Å². The zero-order valence-corrected chi connectivity index (χ0v) is 19.5. The lowest BCUT2D eigenvalue weighted by molar-refractivity contribution is 0.567. The van der Waals surface area contributed by atoms with Crippen LogP contribution in [-0.4, -0.2) is 11.1 Å². The van der Waals surface area contributed by atoms with Gasteiger partial charge in [0.1, 0.15) is 5.54 Å². The molecule has 4 aromatic carbocycles. The summed E-state index contributed by atoms with van der Waals surface area (Å²) in [6, 6.07) is 38.5. The maximum Gasteiger partial charge on any atom is 0.115 e. The number of benzene rings is 4. The molecule has 1 aliphatic heterocycles. The number of allylic oxidation sites excluding steroid dienone is 1. The Morgan fingerprint density at radius 2 is 1.29 bits per heavy atom. The minimum Gasteiger partial charge on any atom is -0.330 e. The Balaban J connectivity index is 1.80. The fourth-order valence-electron chi connectivity index (χ4n) is 5.52. The van der Waals surface area contributed by atoms with E-state index in [2.05, 4.69) is 108 Å². The largest absolute Gasteiger partial charge is 0.330 e. The van der Waals surface area contributed by atoms with Crippen LogP contribution in [0.1, 0.15) is 27.9 Å². The topological polar surface area (TPSA) is 30.9 Å². The highest BCUT2D eigenvalue weighted by atomic mass is 35.5. The molecule has 166 valence electrons. The molecule has 0 atom stereocenters. The molecule has 1 aromatic heterocycles. The molecule has 0 spiro atoms. The van der Waals surface area contributed by atoms with Crippen LogP contribution in [0.3, 0.4) is 0 Å². The number of para-hydroxylation sites is 1. The third-order valence-electron chi connectivity index (χ3n) is 6.92. The van der Waals surface area contributed by atoms with Crippen LogP contribution in [0.15, 0.2) is 115 Å². The van der Waals surface area contributed by atoms with Crippen molar-refractivity contribution in [1.29, 1.82) is 0 Å². The summed E-state index contributed by atoms with van der Waals surface area (Å²) in [5.41, 5.74) is 14.2. The van der Waals surface area contributed by atoms with Gasteiger partial charge in [0.15, 0.2) is 0 Å². The van der Waals surface area contributed by atoms with Crippen molar-refractivity contribution in [3.05, 3.63) is 148 Å². The predicted molar refractivity (Wildman–Crippen MR) is 142 cm³/mol. The smallest absolute Gasteiger partial charge is 0.115 e. The van der Waals surface area contributed by atoms with E-state index >= 15 is 0 Å². The number of rotatable bonds is 5. The maximum atomic E-state index is 6.27. The van der Waals surface area contributed by atoms with E-state index in [-0.39, 0.29) is 0 Å². The second kappa shape index (κ2) is 8.32. The summed E-state index contributed by atoms with van der Waals surface area (Å²) < 4.78 is 2.53. The average molecular weight is 461 g/mol. The molecule has 2 nitrogen and oxygen atoms in total. The number of hydrogen-bond acceptors (Lipinski definition) is 1. The molecule has 0 saturated carbocycles. The van der Waals surface area contributed by atoms with Gasteiger partial charge in [0.2, 0.25) is 0 Å². The molecule has 0 amide bonds. The molecular weight excluding hydrogens is 436 g/mol. The second-order valence-corrected chi connectivity index (χ2v) is 9.22. The lowest BCUT2D eigenvalue weighted by Gasteiger charge is -2.33. The predicted octanol–water partition coefficient (Wildman–Crippen LogP) is 7.03. The van der Waals surface area contributed by atoms with Gasteiger partial charge in [-0.25, -0.2) is 0 Å². The van der Waals surface area contributed by atoms with Crippen LogP contribution in [0, 0.1) is 0 Å². The van der Waals surface area contributed by atoms with Crippen molar-refractivity contribution in [3.63, 3.8) is 0 Å². The maximum absolute atomic E-state index is 6.27. The van der Waals surface area contributed by atoms with Crippen LogP contribution in [0.4, 0.5) is 0 Å². The van der Waals surface area contributed by atoms with Crippen molar-refractivity contribution >= 4 is 28.1 Å². The van der Waals surface area contributed by atoms with Crippen LogP contribution >= 0.6 is 11.6 Å². The van der Waals surface area contributed by atoms with E-state index < -0.39 is 5.54 Å². The zero-order chi connectivity index (χ0) is 23.1. The molecule has 6 rings (SSSR count). The average Bonchev–Trinajstić information content (AvgIpc) is 3.41. The molecule has 5 aromatic rings. The Kier molecular flexibility index (Phi) is 5.13. The minimum atomic E-state index is -0.487. The van der Waals surface area contributed by atoms with Gasteiger partial charge in [-0.3, -0.25) is 0 Å². The van der Waals surface area contributed by atoms with Crippen molar-refractivity contribution < 1.29 is 0 Å². The van der Waals surface area contributed by atoms with Gasteiger partial charge in [0.25, 0.3) is 0 Å². The lowest BCUT2D eigenvalue weighted by Crippen LogP contribution is -2.32. The van der Waals surface area contributed by atoms with Gasteiger partial charge in [-0.05, 0) is 59.5 Å². The highest BCUT2D eigenvalue weighted by Crippen LogP contribution is 2.51. The highest BCUT2D eigenvalue weighted by molar-refractivity contribution is 6.30. The van der Waals surface area contributed by atoms with Crippen LogP contribution in [0.5, 0.6) is 0 Å². The Morgan fingerprint density at radius 1 is 0.706 bits per heavy atom. The van der Waals surface area contributed by atoms with Crippen LogP contribution in [-0.2, 0) is 12.0 Å². The molecule has 0 bridgehead atoms. The van der Waals surface area contributed by atoms with E-state index in [0.29, 0.717) is 6.54 Å². The Morgan fingerprint density at radius 3 is 1.91 bits per heavy atom. The summed E-state index contributed by atoms with van der Waals surface area (Å²) in [7, 11) is 0. The molecule has 34 heavy (non-hydrogen) atoms. The van der Waals surface area contributed by atoms with E-state index in [4.69, 9.17) is 17.3 Å². The zero-order valence-electron chi connectivity index (χ0n) is 18.8. The monoisotopic (exact) mass is 460 g/mol. The van der Waals surface area contributed by atoms with Crippen LogP contribution in [0.2, 0.25) is 5.02 Å². The SMILES string of the molecule is NCCc1c2n(c3ccccc13)C(c1ccccc1)(c1ccccc1)C=C2c1ccc(Cl)cc1. The summed E-state index contributed by atoms with van der Waals surface area (Å²) in [6.45, 7) is 0.596. The summed E-state index contributed by atoms with van der Waals surface area (Å²) in [5, 5.41) is 2.00. The second-order valence-electron chi connectivity index (χ2n) is 8.78.